The van der Waals surface area contributed by atoms with Crippen molar-refractivity contribution in [2.24, 2.45) is 0 Å². The van der Waals surface area contributed by atoms with Gasteiger partial charge in [0, 0.05) is 36.3 Å². The minimum absolute atomic E-state index is 0.218. The first-order valence-corrected chi connectivity index (χ1v) is 9.51. The largest absolute Gasteiger partial charge is 0.508 e. The molecule has 0 saturated carbocycles. The highest BCUT2D eigenvalue weighted by Crippen LogP contribution is 2.30. The van der Waals surface area contributed by atoms with Crippen molar-refractivity contribution in [2.75, 3.05) is 6.54 Å². The van der Waals surface area contributed by atoms with Crippen molar-refractivity contribution in [3.05, 3.63) is 80.8 Å². The van der Waals surface area contributed by atoms with Gasteiger partial charge < -0.3 is 10.1 Å². The van der Waals surface area contributed by atoms with E-state index in [0.29, 0.717) is 42.9 Å². The molecule has 1 aliphatic rings. The number of alkyl halides is 3. The van der Waals surface area contributed by atoms with Crippen LogP contribution in [0.2, 0.25) is 0 Å². The van der Waals surface area contributed by atoms with E-state index in [0.717, 1.165) is 23.3 Å². The van der Waals surface area contributed by atoms with Gasteiger partial charge in [0.25, 0.3) is 5.56 Å². The van der Waals surface area contributed by atoms with Crippen LogP contribution >= 0.6 is 0 Å². The molecule has 2 heterocycles. The Bertz CT molecular complexity index is 1140. The Balaban J connectivity index is 1.60. The van der Waals surface area contributed by atoms with Crippen LogP contribution in [0.5, 0.6) is 5.75 Å². The number of aromatic amines is 1. The van der Waals surface area contributed by atoms with Crippen LogP contribution in [0, 0.1) is 6.92 Å². The van der Waals surface area contributed by atoms with E-state index in [9.17, 15) is 23.1 Å². The van der Waals surface area contributed by atoms with Gasteiger partial charge in [-0.1, -0.05) is 29.8 Å². The first kappa shape index (κ1) is 20.2. The number of nitrogens with zero attached hydrogens (tertiary/aromatic N) is 2. The number of phenols is 1. The maximum atomic E-state index is 12.8. The van der Waals surface area contributed by atoms with E-state index in [1.807, 2.05) is 19.1 Å². The molecular weight excluding hydrogens is 395 g/mol. The maximum absolute atomic E-state index is 12.8. The normalized spacial score (nSPS) is 14.5. The van der Waals surface area contributed by atoms with Gasteiger partial charge in [0.2, 0.25) is 0 Å². The molecular formula is C22H20F3N3O2. The summed E-state index contributed by atoms with van der Waals surface area (Å²) in [6, 6.07) is 9.97. The second-order valence-electron chi connectivity index (χ2n) is 7.51. The minimum atomic E-state index is -4.42. The van der Waals surface area contributed by atoms with Crippen LogP contribution in [-0.2, 0) is 25.7 Å². The lowest BCUT2D eigenvalue weighted by Crippen LogP contribution is -2.35. The van der Waals surface area contributed by atoms with Gasteiger partial charge >= 0.3 is 6.18 Å². The van der Waals surface area contributed by atoms with Crippen LogP contribution in [0.3, 0.4) is 0 Å². The Morgan fingerprint density at radius 2 is 1.90 bits per heavy atom. The summed E-state index contributed by atoms with van der Waals surface area (Å²) in [6.45, 7) is 3.52. The fourth-order valence-electron chi connectivity index (χ4n) is 3.66. The third kappa shape index (κ3) is 4.09. The zero-order valence-electron chi connectivity index (χ0n) is 16.3. The van der Waals surface area contributed by atoms with Gasteiger partial charge in [-0.25, -0.2) is 4.98 Å². The summed E-state index contributed by atoms with van der Waals surface area (Å²) in [5.41, 5.74) is 2.42. The summed E-state index contributed by atoms with van der Waals surface area (Å²) in [6.07, 6.45) is -3.91. The molecule has 0 atom stereocenters. The predicted molar refractivity (Wildman–Crippen MR) is 106 cm³/mol. The molecule has 1 aromatic heterocycles. The average molecular weight is 415 g/mol. The van der Waals surface area contributed by atoms with E-state index >= 15 is 0 Å². The third-order valence-corrected chi connectivity index (χ3v) is 5.27. The molecule has 5 nitrogen and oxygen atoms in total. The summed E-state index contributed by atoms with van der Waals surface area (Å²) in [7, 11) is 0. The summed E-state index contributed by atoms with van der Waals surface area (Å²) in [5.74, 6) is 0.462. The number of halogens is 3. The highest BCUT2D eigenvalue weighted by Gasteiger charge is 2.30. The Morgan fingerprint density at radius 3 is 2.60 bits per heavy atom. The van der Waals surface area contributed by atoms with Gasteiger partial charge in [0.1, 0.15) is 11.6 Å². The number of aryl methyl sites for hydroxylation is 1. The van der Waals surface area contributed by atoms with Gasteiger partial charge in [0.05, 0.1) is 11.3 Å². The zero-order chi connectivity index (χ0) is 21.5. The number of nitrogens with one attached hydrogen (secondary N) is 1. The number of phenolic OH excluding ortho intramolecular Hbond substituents is 1. The van der Waals surface area contributed by atoms with Crippen LogP contribution in [0.4, 0.5) is 13.2 Å². The van der Waals surface area contributed by atoms with Crippen molar-refractivity contribution in [3.63, 3.8) is 0 Å². The molecule has 0 unspecified atom stereocenters. The van der Waals surface area contributed by atoms with Crippen molar-refractivity contribution >= 4 is 0 Å². The number of benzene rings is 2. The van der Waals surface area contributed by atoms with E-state index in [1.165, 1.54) is 12.1 Å². The topological polar surface area (TPSA) is 69.2 Å². The highest BCUT2D eigenvalue weighted by molar-refractivity contribution is 5.56. The Morgan fingerprint density at radius 1 is 1.17 bits per heavy atom. The maximum Gasteiger partial charge on any atom is 0.416 e. The molecule has 3 aromatic rings. The van der Waals surface area contributed by atoms with Gasteiger partial charge in [-0.3, -0.25) is 9.69 Å². The van der Waals surface area contributed by atoms with Gasteiger partial charge in [-0.2, -0.15) is 13.2 Å². The number of H-pyrrole nitrogens is 1. The minimum Gasteiger partial charge on any atom is -0.508 e. The molecule has 4 rings (SSSR count). The van der Waals surface area contributed by atoms with Crippen molar-refractivity contribution in [1.82, 2.24) is 14.9 Å². The molecule has 0 aliphatic carbocycles. The summed E-state index contributed by atoms with van der Waals surface area (Å²) in [5, 5.41) is 10.1. The van der Waals surface area contributed by atoms with E-state index in [4.69, 9.17) is 0 Å². The van der Waals surface area contributed by atoms with Crippen LogP contribution in [0.1, 0.15) is 27.9 Å². The van der Waals surface area contributed by atoms with E-state index < -0.39 is 11.7 Å². The molecule has 2 N–H and O–H groups in total. The summed E-state index contributed by atoms with van der Waals surface area (Å²) >= 11 is 0. The van der Waals surface area contributed by atoms with Crippen molar-refractivity contribution in [1.29, 1.82) is 0 Å². The Hall–Kier alpha value is -3.13. The molecule has 2 aromatic carbocycles. The van der Waals surface area contributed by atoms with Crippen molar-refractivity contribution < 1.29 is 18.3 Å². The van der Waals surface area contributed by atoms with Crippen molar-refractivity contribution in [2.45, 2.75) is 32.6 Å². The van der Waals surface area contributed by atoms with E-state index in [2.05, 4.69) is 14.9 Å². The third-order valence-electron chi connectivity index (χ3n) is 5.27. The van der Waals surface area contributed by atoms with Crippen LogP contribution < -0.4 is 5.56 Å². The first-order chi connectivity index (χ1) is 14.2. The molecule has 1 aliphatic heterocycles. The lowest BCUT2D eigenvalue weighted by Gasteiger charge is -2.28. The fourth-order valence-corrected chi connectivity index (χ4v) is 3.66. The van der Waals surface area contributed by atoms with Gasteiger partial charge in [-0.15, -0.1) is 0 Å². The predicted octanol–water partition coefficient (Wildman–Crippen LogP) is 4.03. The van der Waals surface area contributed by atoms with Crippen LogP contribution in [-0.4, -0.2) is 26.5 Å². The molecule has 0 saturated heterocycles. The molecule has 0 radical (unpaired) electrons. The number of rotatable bonds is 3. The molecule has 0 amide bonds. The lowest BCUT2D eigenvalue weighted by atomic mass is 10.0. The first-order valence-electron chi connectivity index (χ1n) is 9.51. The Kier molecular flexibility index (Phi) is 5.11. The second-order valence-corrected chi connectivity index (χ2v) is 7.51. The number of hydrogen-bond acceptors (Lipinski definition) is 4. The van der Waals surface area contributed by atoms with Gasteiger partial charge in [-0.05, 0) is 31.5 Å². The molecule has 8 heteroatoms. The van der Waals surface area contributed by atoms with Gasteiger partial charge in [0.15, 0.2) is 0 Å². The summed E-state index contributed by atoms with van der Waals surface area (Å²) in [4.78, 5) is 21.8. The molecule has 156 valence electrons. The van der Waals surface area contributed by atoms with E-state index in [-0.39, 0.29) is 17.1 Å². The molecule has 0 bridgehead atoms. The highest BCUT2D eigenvalue weighted by atomic mass is 19.4. The van der Waals surface area contributed by atoms with Crippen LogP contribution in [0.15, 0.2) is 47.3 Å². The number of fused-ring (bicyclic) bond motifs is 1. The standard InChI is InChI=1S/C22H20F3N3O2/c1-13-2-7-19(29)15(10-13)11-28-9-8-17-18(12-28)26-20(27-21(17)30)14-3-5-16(6-4-14)22(23,24)25/h2-7,10,29H,8-9,11-12H2,1H3,(H,26,27,30). The lowest BCUT2D eigenvalue weighted by molar-refractivity contribution is -0.137. The van der Waals surface area contributed by atoms with Crippen molar-refractivity contribution in [3.8, 4) is 17.1 Å². The SMILES string of the molecule is Cc1ccc(O)c(CN2CCc3c(nc(-c4ccc(C(F)(F)F)cc4)[nH]c3=O)C2)c1. The zero-order valence-corrected chi connectivity index (χ0v) is 16.3. The number of aromatic nitrogens is 2. The van der Waals surface area contributed by atoms with Crippen LogP contribution in [0.25, 0.3) is 11.4 Å². The smallest absolute Gasteiger partial charge is 0.416 e. The summed E-state index contributed by atoms with van der Waals surface area (Å²) < 4.78 is 38.4. The number of aromatic hydroxyl groups is 1. The monoisotopic (exact) mass is 415 g/mol. The quantitative estimate of drug-likeness (QED) is 0.678. The Labute approximate surface area is 170 Å². The molecule has 30 heavy (non-hydrogen) atoms. The number of hydrogen-bond donors (Lipinski definition) is 2. The molecule has 0 spiro atoms. The fraction of sp³-hybridized carbons (Fsp3) is 0.273. The molecule has 0 fully saturated rings. The average Bonchev–Trinajstić information content (AvgIpc) is 2.70. The second kappa shape index (κ2) is 7.60. The van der Waals surface area contributed by atoms with E-state index in [1.54, 1.807) is 6.07 Å².